The van der Waals surface area contributed by atoms with Gasteiger partial charge in [0.25, 0.3) is 5.91 Å². The Morgan fingerprint density at radius 2 is 1.96 bits per heavy atom. The van der Waals surface area contributed by atoms with Gasteiger partial charge >= 0.3 is 0 Å². The lowest BCUT2D eigenvalue weighted by Crippen LogP contribution is -2.33. The number of rotatable bonds is 5. The molecule has 3 fully saturated rings. The van der Waals surface area contributed by atoms with Gasteiger partial charge in [0.1, 0.15) is 10.6 Å². The Balaban J connectivity index is 0.00000210. The van der Waals surface area contributed by atoms with Crippen molar-refractivity contribution < 1.29 is 17.9 Å². The molecule has 2 saturated carbocycles. The molecule has 1 saturated heterocycles. The molecule has 0 radical (unpaired) electrons. The number of benzene rings is 1. The summed E-state index contributed by atoms with van der Waals surface area (Å²) in [6.07, 6.45) is 3.77. The van der Waals surface area contributed by atoms with Crippen molar-refractivity contribution in [1.82, 2.24) is 9.62 Å². The molecular weight excluding hydrogens is 390 g/mol. The van der Waals surface area contributed by atoms with Crippen LogP contribution < -0.4 is 15.2 Å². The van der Waals surface area contributed by atoms with Crippen molar-refractivity contribution in [3.05, 3.63) is 23.8 Å². The molecule has 7 nitrogen and oxygen atoms in total. The first-order valence-electron chi connectivity index (χ1n) is 9.14. The van der Waals surface area contributed by atoms with Crippen LogP contribution in [0.15, 0.2) is 23.1 Å². The van der Waals surface area contributed by atoms with E-state index in [0.717, 1.165) is 25.7 Å². The van der Waals surface area contributed by atoms with Crippen molar-refractivity contribution >= 4 is 28.3 Å². The molecule has 0 aromatic heterocycles. The number of sulfonamides is 1. The first-order valence-corrected chi connectivity index (χ1v) is 10.6. The second-order valence-corrected chi connectivity index (χ2v) is 9.32. The Bertz CT molecular complexity index is 828. The normalized spacial score (nSPS) is 27.2. The van der Waals surface area contributed by atoms with Crippen molar-refractivity contribution in [1.29, 1.82) is 0 Å². The van der Waals surface area contributed by atoms with Crippen molar-refractivity contribution in [3.63, 3.8) is 0 Å². The van der Waals surface area contributed by atoms with E-state index in [-0.39, 0.29) is 41.0 Å². The Morgan fingerprint density at radius 3 is 2.59 bits per heavy atom. The van der Waals surface area contributed by atoms with Crippen LogP contribution in [0.25, 0.3) is 0 Å². The third-order valence-electron chi connectivity index (χ3n) is 5.80. The van der Waals surface area contributed by atoms with E-state index < -0.39 is 10.0 Å². The van der Waals surface area contributed by atoms with Crippen LogP contribution in [0.3, 0.4) is 0 Å². The third kappa shape index (κ3) is 3.94. The monoisotopic (exact) mass is 415 g/mol. The maximum Gasteiger partial charge on any atom is 0.253 e. The van der Waals surface area contributed by atoms with Gasteiger partial charge in [-0.15, -0.1) is 12.4 Å². The van der Waals surface area contributed by atoms with Crippen LogP contribution in [-0.4, -0.2) is 51.5 Å². The van der Waals surface area contributed by atoms with Crippen molar-refractivity contribution in [2.75, 3.05) is 20.2 Å². The molecule has 1 heterocycles. The summed E-state index contributed by atoms with van der Waals surface area (Å²) in [7, 11) is -2.28. The lowest BCUT2D eigenvalue weighted by Gasteiger charge is -2.19. The number of likely N-dealkylation sites (tertiary alicyclic amines) is 1. The Morgan fingerprint density at radius 1 is 1.22 bits per heavy atom. The number of methoxy groups -OCH3 is 1. The number of hydrogen-bond acceptors (Lipinski definition) is 5. The molecule has 27 heavy (non-hydrogen) atoms. The van der Waals surface area contributed by atoms with Gasteiger partial charge in [-0.2, -0.15) is 0 Å². The standard InChI is InChI=1S/C18H25N3O4S.ClH/c1-25-16-7-3-11(8-17(16)26(23,24)20-13-4-5-13)18(22)21-9-12-2-6-15(19)14(12)10-21;/h3,7-8,12-15,20H,2,4-6,9-10,19H2,1H3;1H. The van der Waals surface area contributed by atoms with E-state index in [1.165, 1.54) is 13.2 Å². The molecule has 2 aliphatic carbocycles. The summed E-state index contributed by atoms with van der Waals surface area (Å²) in [6.45, 7) is 1.35. The SMILES string of the molecule is COc1ccc(C(=O)N2CC3CCC(N)C3C2)cc1S(=O)(=O)NC1CC1.Cl. The van der Waals surface area contributed by atoms with Crippen LogP contribution in [0.1, 0.15) is 36.0 Å². The molecule has 3 unspecified atom stereocenters. The lowest BCUT2D eigenvalue weighted by atomic mass is 9.98. The minimum Gasteiger partial charge on any atom is -0.495 e. The molecule has 1 aromatic rings. The van der Waals surface area contributed by atoms with E-state index in [0.29, 0.717) is 30.5 Å². The fraction of sp³-hybridized carbons (Fsp3) is 0.611. The zero-order chi connectivity index (χ0) is 18.5. The molecule has 3 atom stereocenters. The molecule has 3 N–H and O–H groups in total. The van der Waals surface area contributed by atoms with Gasteiger partial charge in [0.15, 0.2) is 0 Å². The van der Waals surface area contributed by atoms with Crippen LogP contribution in [0.5, 0.6) is 5.75 Å². The number of ether oxygens (including phenoxy) is 1. The van der Waals surface area contributed by atoms with Crippen LogP contribution in [0, 0.1) is 11.8 Å². The molecule has 3 aliphatic rings. The van der Waals surface area contributed by atoms with Crippen molar-refractivity contribution in [2.45, 2.75) is 42.7 Å². The van der Waals surface area contributed by atoms with Crippen LogP contribution in [-0.2, 0) is 10.0 Å². The van der Waals surface area contributed by atoms with E-state index in [4.69, 9.17) is 10.5 Å². The summed E-state index contributed by atoms with van der Waals surface area (Å²) in [5, 5.41) is 0. The van der Waals surface area contributed by atoms with Gasteiger partial charge in [-0.05, 0) is 55.7 Å². The van der Waals surface area contributed by atoms with Gasteiger partial charge in [0, 0.05) is 30.7 Å². The number of carbonyl (C=O) groups is 1. The summed E-state index contributed by atoms with van der Waals surface area (Å²) in [5.74, 6) is 0.927. The molecule has 4 rings (SSSR count). The predicted molar refractivity (Wildman–Crippen MR) is 104 cm³/mol. The molecule has 1 aliphatic heterocycles. The highest BCUT2D eigenvalue weighted by atomic mass is 35.5. The van der Waals surface area contributed by atoms with E-state index in [1.807, 2.05) is 0 Å². The number of carbonyl (C=O) groups excluding carboxylic acids is 1. The van der Waals surface area contributed by atoms with Gasteiger partial charge in [-0.1, -0.05) is 0 Å². The fourth-order valence-electron chi connectivity index (χ4n) is 4.16. The highest BCUT2D eigenvalue weighted by Gasteiger charge is 2.42. The average Bonchev–Trinajstić information content (AvgIpc) is 3.20. The first kappa shape index (κ1) is 20.4. The molecule has 0 spiro atoms. The average molecular weight is 416 g/mol. The van der Waals surface area contributed by atoms with Gasteiger partial charge in [0.05, 0.1) is 7.11 Å². The van der Waals surface area contributed by atoms with E-state index in [9.17, 15) is 13.2 Å². The van der Waals surface area contributed by atoms with E-state index >= 15 is 0 Å². The minimum atomic E-state index is -3.71. The second-order valence-electron chi connectivity index (χ2n) is 7.64. The number of fused-ring (bicyclic) bond motifs is 1. The minimum absolute atomic E-state index is 0. The summed E-state index contributed by atoms with van der Waals surface area (Å²) in [4.78, 5) is 14.8. The topological polar surface area (TPSA) is 102 Å². The molecule has 150 valence electrons. The summed E-state index contributed by atoms with van der Waals surface area (Å²) < 4.78 is 33.1. The number of hydrogen-bond donors (Lipinski definition) is 2. The summed E-state index contributed by atoms with van der Waals surface area (Å²) in [6, 6.07) is 4.76. The highest BCUT2D eigenvalue weighted by molar-refractivity contribution is 7.89. The largest absolute Gasteiger partial charge is 0.495 e. The molecular formula is C18H26ClN3O4S. The summed E-state index contributed by atoms with van der Waals surface area (Å²) >= 11 is 0. The molecule has 9 heteroatoms. The van der Waals surface area contributed by atoms with E-state index in [2.05, 4.69) is 4.72 Å². The molecule has 1 aromatic carbocycles. The third-order valence-corrected chi connectivity index (χ3v) is 7.34. The van der Waals surface area contributed by atoms with Crippen LogP contribution in [0.4, 0.5) is 0 Å². The Kier molecular flexibility index (Phi) is 5.72. The predicted octanol–water partition coefficient (Wildman–Crippen LogP) is 1.37. The molecule has 0 bridgehead atoms. The number of amides is 1. The summed E-state index contributed by atoms with van der Waals surface area (Å²) in [5.41, 5.74) is 6.52. The van der Waals surface area contributed by atoms with Gasteiger partial charge in [-0.3, -0.25) is 4.79 Å². The number of nitrogens with two attached hydrogens (primary N) is 1. The number of nitrogens with one attached hydrogen (secondary N) is 1. The number of halogens is 1. The Labute approximate surface area is 166 Å². The van der Waals surface area contributed by atoms with E-state index in [1.54, 1.807) is 17.0 Å². The zero-order valence-corrected chi connectivity index (χ0v) is 16.9. The first-order chi connectivity index (χ1) is 12.4. The maximum atomic E-state index is 12.9. The molecule has 1 amide bonds. The lowest BCUT2D eigenvalue weighted by molar-refractivity contribution is 0.0779. The van der Waals surface area contributed by atoms with Crippen LogP contribution in [0.2, 0.25) is 0 Å². The quantitative estimate of drug-likeness (QED) is 0.756. The number of nitrogens with zero attached hydrogens (tertiary/aromatic N) is 1. The smallest absolute Gasteiger partial charge is 0.253 e. The van der Waals surface area contributed by atoms with Gasteiger partial charge in [-0.25, -0.2) is 13.1 Å². The second kappa shape index (κ2) is 7.58. The van der Waals surface area contributed by atoms with Gasteiger partial charge in [0.2, 0.25) is 10.0 Å². The fourth-order valence-corrected chi connectivity index (χ4v) is 5.66. The van der Waals surface area contributed by atoms with Crippen LogP contribution >= 0.6 is 12.4 Å². The zero-order valence-electron chi connectivity index (χ0n) is 15.3. The highest BCUT2D eigenvalue weighted by Crippen LogP contribution is 2.38. The maximum absolute atomic E-state index is 12.9. The van der Waals surface area contributed by atoms with Gasteiger partial charge < -0.3 is 15.4 Å². The van der Waals surface area contributed by atoms with Crippen molar-refractivity contribution in [2.24, 2.45) is 17.6 Å². The van der Waals surface area contributed by atoms with Crippen molar-refractivity contribution in [3.8, 4) is 5.75 Å². The Hall–Kier alpha value is -1.35.